The highest BCUT2D eigenvalue weighted by Gasteiger charge is 2.17. The Morgan fingerprint density at radius 2 is 1.94 bits per heavy atom. The van der Waals surface area contributed by atoms with Crippen molar-refractivity contribution in [3.8, 4) is 0 Å². The van der Waals surface area contributed by atoms with Crippen molar-refractivity contribution in [3.63, 3.8) is 0 Å². The molecule has 0 aromatic heterocycles. The summed E-state index contributed by atoms with van der Waals surface area (Å²) < 4.78 is 4.48. The van der Waals surface area contributed by atoms with Gasteiger partial charge in [-0.05, 0) is 31.6 Å². The van der Waals surface area contributed by atoms with Crippen LogP contribution >= 0.6 is 0 Å². The second-order valence-corrected chi connectivity index (χ2v) is 4.22. The summed E-state index contributed by atoms with van der Waals surface area (Å²) >= 11 is 0. The van der Waals surface area contributed by atoms with Gasteiger partial charge in [-0.1, -0.05) is 24.3 Å². The third kappa shape index (κ3) is 4.17. The van der Waals surface area contributed by atoms with Crippen LogP contribution in [0.3, 0.4) is 0 Å². The highest BCUT2D eigenvalue weighted by molar-refractivity contribution is 5.76. The molecule has 0 amide bonds. The van der Waals surface area contributed by atoms with Gasteiger partial charge >= 0.3 is 5.97 Å². The summed E-state index contributed by atoms with van der Waals surface area (Å²) in [5.74, 6) is -0.633. The molecule has 0 fully saturated rings. The van der Waals surface area contributed by atoms with Gasteiger partial charge in [0.2, 0.25) is 0 Å². The second kappa shape index (κ2) is 6.37. The van der Waals surface area contributed by atoms with Crippen LogP contribution in [0.2, 0.25) is 0 Å². The van der Waals surface area contributed by atoms with Crippen molar-refractivity contribution in [2.24, 2.45) is 0 Å². The molecule has 1 N–H and O–H groups in total. The number of carbonyl (C=O) groups is 1. The van der Waals surface area contributed by atoms with E-state index in [2.05, 4.69) is 9.64 Å². The molecular formula is C13H19NO3. The van der Waals surface area contributed by atoms with Gasteiger partial charge in [0, 0.05) is 6.54 Å². The zero-order valence-corrected chi connectivity index (χ0v) is 10.5. The van der Waals surface area contributed by atoms with Gasteiger partial charge in [-0.25, -0.2) is 4.79 Å². The zero-order chi connectivity index (χ0) is 12.8. The van der Waals surface area contributed by atoms with E-state index in [0.717, 1.165) is 13.0 Å². The van der Waals surface area contributed by atoms with Crippen molar-refractivity contribution >= 4 is 5.97 Å². The molecule has 0 aliphatic carbocycles. The van der Waals surface area contributed by atoms with Crippen LogP contribution in [0, 0.1) is 0 Å². The van der Waals surface area contributed by atoms with E-state index in [4.69, 9.17) is 0 Å². The van der Waals surface area contributed by atoms with Crippen LogP contribution in [0.4, 0.5) is 0 Å². The molecule has 1 rings (SSSR count). The fourth-order valence-electron chi connectivity index (χ4n) is 1.47. The standard InChI is InChI=1S/C13H19NO3/c1-14(2)9-8-10-4-6-11(7-5-10)12(15)13(16)17-3/h4-7,12,15H,8-9H2,1-3H3. The van der Waals surface area contributed by atoms with Crippen LogP contribution in [-0.4, -0.2) is 43.7 Å². The number of carbonyl (C=O) groups excluding carboxylic acids is 1. The van der Waals surface area contributed by atoms with Gasteiger partial charge in [-0.3, -0.25) is 0 Å². The number of benzene rings is 1. The van der Waals surface area contributed by atoms with Crippen LogP contribution in [0.25, 0.3) is 0 Å². The summed E-state index contributed by atoms with van der Waals surface area (Å²) in [6.07, 6.45) is -0.246. The third-order valence-electron chi connectivity index (χ3n) is 2.57. The first-order valence-corrected chi connectivity index (χ1v) is 5.54. The highest BCUT2D eigenvalue weighted by atomic mass is 16.5. The quantitative estimate of drug-likeness (QED) is 0.776. The first-order chi connectivity index (χ1) is 8.04. The summed E-state index contributed by atoms with van der Waals surface area (Å²) in [6.45, 7) is 0.971. The lowest BCUT2D eigenvalue weighted by Gasteiger charge is -2.11. The molecule has 0 aliphatic heterocycles. The number of hydrogen-bond acceptors (Lipinski definition) is 4. The van der Waals surface area contributed by atoms with Crippen molar-refractivity contribution in [3.05, 3.63) is 35.4 Å². The minimum absolute atomic E-state index is 0.561. The van der Waals surface area contributed by atoms with Crippen molar-refractivity contribution in [1.29, 1.82) is 0 Å². The van der Waals surface area contributed by atoms with E-state index in [9.17, 15) is 9.90 Å². The molecule has 0 saturated carbocycles. The minimum Gasteiger partial charge on any atom is -0.467 e. The largest absolute Gasteiger partial charge is 0.467 e. The summed E-state index contributed by atoms with van der Waals surface area (Å²) in [6, 6.07) is 7.36. The summed E-state index contributed by atoms with van der Waals surface area (Å²) in [4.78, 5) is 13.2. The van der Waals surface area contributed by atoms with E-state index in [1.54, 1.807) is 12.1 Å². The molecule has 0 radical (unpaired) electrons. The van der Waals surface area contributed by atoms with Crippen LogP contribution in [0.15, 0.2) is 24.3 Å². The Morgan fingerprint density at radius 3 is 2.41 bits per heavy atom. The molecule has 1 unspecified atom stereocenters. The molecule has 0 saturated heterocycles. The molecule has 4 heteroatoms. The predicted octanol–water partition coefficient (Wildman–Crippen LogP) is 0.997. The predicted molar refractivity (Wildman–Crippen MR) is 65.7 cm³/mol. The highest BCUT2D eigenvalue weighted by Crippen LogP contribution is 2.15. The van der Waals surface area contributed by atoms with E-state index in [-0.39, 0.29) is 0 Å². The van der Waals surface area contributed by atoms with Gasteiger partial charge in [0.15, 0.2) is 6.10 Å². The molecule has 1 aromatic rings. The lowest BCUT2D eigenvalue weighted by molar-refractivity contribution is -0.150. The topological polar surface area (TPSA) is 49.8 Å². The monoisotopic (exact) mass is 237 g/mol. The molecule has 0 heterocycles. The number of esters is 1. The van der Waals surface area contributed by atoms with Crippen LogP contribution in [-0.2, 0) is 16.0 Å². The maximum absolute atomic E-state index is 11.1. The first-order valence-electron chi connectivity index (χ1n) is 5.54. The molecule has 1 atom stereocenters. The van der Waals surface area contributed by atoms with Gasteiger partial charge in [0.1, 0.15) is 0 Å². The average Bonchev–Trinajstić information content (AvgIpc) is 2.35. The fourth-order valence-corrected chi connectivity index (χ4v) is 1.47. The molecule has 1 aromatic carbocycles. The average molecular weight is 237 g/mol. The van der Waals surface area contributed by atoms with Crippen LogP contribution in [0.1, 0.15) is 17.2 Å². The molecule has 17 heavy (non-hydrogen) atoms. The third-order valence-corrected chi connectivity index (χ3v) is 2.57. The lowest BCUT2D eigenvalue weighted by atomic mass is 10.1. The van der Waals surface area contributed by atoms with Gasteiger partial charge in [-0.15, -0.1) is 0 Å². The lowest BCUT2D eigenvalue weighted by Crippen LogP contribution is -2.15. The smallest absolute Gasteiger partial charge is 0.339 e. The summed E-state index contributed by atoms with van der Waals surface area (Å²) in [5.41, 5.74) is 1.74. The number of rotatable bonds is 5. The van der Waals surface area contributed by atoms with E-state index < -0.39 is 12.1 Å². The van der Waals surface area contributed by atoms with E-state index in [0.29, 0.717) is 5.56 Å². The molecule has 0 aliphatic rings. The SMILES string of the molecule is COC(=O)C(O)c1ccc(CCN(C)C)cc1. The Kier molecular flexibility index (Phi) is 5.12. The Bertz CT molecular complexity index is 359. The number of aliphatic hydroxyl groups is 1. The molecule has 0 bridgehead atoms. The van der Waals surface area contributed by atoms with Gasteiger partial charge in [0.25, 0.3) is 0 Å². The molecule has 4 nitrogen and oxygen atoms in total. The summed E-state index contributed by atoms with van der Waals surface area (Å²) in [7, 11) is 5.31. The second-order valence-electron chi connectivity index (χ2n) is 4.22. The molecule has 0 spiro atoms. The Balaban J connectivity index is 2.64. The minimum atomic E-state index is -1.19. The number of likely N-dealkylation sites (N-methyl/N-ethyl adjacent to an activating group) is 1. The van der Waals surface area contributed by atoms with Gasteiger partial charge in [-0.2, -0.15) is 0 Å². The molecule has 94 valence electrons. The van der Waals surface area contributed by atoms with Gasteiger partial charge in [0.05, 0.1) is 7.11 Å². The van der Waals surface area contributed by atoms with E-state index in [1.807, 2.05) is 26.2 Å². The Morgan fingerprint density at radius 1 is 1.35 bits per heavy atom. The van der Waals surface area contributed by atoms with Crippen LogP contribution < -0.4 is 0 Å². The number of ether oxygens (including phenoxy) is 1. The zero-order valence-electron chi connectivity index (χ0n) is 10.5. The Hall–Kier alpha value is -1.39. The number of hydrogen-bond donors (Lipinski definition) is 1. The van der Waals surface area contributed by atoms with Crippen molar-refractivity contribution in [1.82, 2.24) is 4.90 Å². The number of methoxy groups -OCH3 is 1. The number of nitrogens with zero attached hydrogens (tertiary/aromatic N) is 1. The number of aliphatic hydroxyl groups excluding tert-OH is 1. The van der Waals surface area contributed by atoms with E-state index in [1.165, 1.54) is 12.7 Å². The van der Waals surface area contributed by atoms with E-state index >= 15 is 0 Å². The Labute approximate surface area is 102 Å². The maximum Gasteiger partial charge on any atom is 0.339 e. The van der Waals surface area contributed by atoms with Crippen LogP contribution in [0.5, 0.6) is 0 Å². The molecular weight excluding hydrogens is 218 g/mol. The normalized spacial score (nSPS) is 12.5. The van der Waals surface area contributed by atoms with Crippen molar-refractivity contribution < 1.29 is 14.6 Å². The summed E-state index contributed by atoms with van der Waals surface area (Å²) in [5, 5.41) is 9.62. The van der Waals surface area contributed by atoms with Crippen molar-refractivity contribution in [2.75, 3.05) is 27.7 Å². The van der Waals surface area contributed by atoms with Gasteiger partial charge < -0.3 is 14.7 Å². The first kappa shape index (κ1) is 13.7. The van der Waals surface area contributed by atoms with Crippen molar-refractivity contribution in [2.45, 2.75) is 12.5 Å². The fraction of sp³-hybridized carbons (Fsp3) is 0.462. The maximum atomic E-state index is 11.1.